The van der Waals surface area contributed by atoms with Gasteiger partial charge in [0.15, 0.2) is 0 Å². The van der Waals surface area contributed by atoms with E-state index in [-0.39, 0.29) is 0 Å². The molecule has 0 radical (unpaired) electrons. The molecule has 0 aliphatic heterocycles. The van der Waals surface area contributed by atoms with E-state index in [0.717, 1.165) is 30.0 Å². The lowest BCUT2D eigenvalue weighted by atomic mass is 10.2. The van der Waals surface area contributed by atoms with E-state index in [1.807, 2.05) is 44.2 Å². The molecule has 2 aromatic rings. The molecule has 0 aromatic heterocycles. The van der Waals surface area contributed by atoms with E-state index in [1.54, 1.807) is 18.0 Å². The van der Waals surface area contributed by atoms with Crippen LogP contribution in [0.3, 0.4) is 0 Å². The van der Waals surface area contributed by atoms with Gasteiger partial charge in [-0.2, -0.15) is 5.10 Å². The molecule has 0 unspecified atom stereocenters. The second kappa shape index (κ2) is 21.8. The highest BCUT2D eigenvalue weighted by atomic mass is 35.5. The minimum atomic E-state index is 0.435. The van der Waals surface area contributed by atoms with Crippen molar-refractivity contribution < 1.29 is 0 Å². The van der Waals surface area contributed by atoms with Gasteiger partial charge in [-0.3, -0.25) is 0 Å². The van der Waals surface area contributed by atoms with Crippen molar-refractivity contribution in [3.05, 3.63) is 65.2 Å². The number of rotatable bonds is 6. The minimum absolute atomic E-state index is 0.435. The predicted octanol–water partition coefficient (Wildman–Crippen LogP) is 6.79. The lowest BCUT2D eigenvalue weighted by Gasteiger charge is -1.99. The van der Waals surface area contributed by atoms with Crippen LogP contribution in [-0.2, 0) is 6.42 Å². The number of thioether (sulfide) groups is 1. The molecule has 2 rings (SSSR count). The Balaban J connectivity index is 0. The molecule has 0 bridgehead atoms. The van der Waals surface area contributed by atoms with Gasteiger partial charge in [-0.25, -0.2) is 0 Å². The Morgan fingerprint density at radius 1 is 0.964 bits per heavy atom. The number of aryl methyl sites for hydroxylation is 1. The highest BCUT2D eigenvalue weighted by molar-refractivity contribution is 7.99. The van der Waals surface area contributed by atoms with Crippen molar-refractivity contribution in [2.75, 3.05) is 5.75 Å². The second-order valence-electron chi connectivity index (χ2n) is 5.51. The molecule has 0 saturated heterocycles. The zero-order valence-corrected chi connectivity index (χ0v) is 19.6. The molecule has 0 aliphatic rings. The molecule has 3 nitrogen and oxygen atoms in total. The summed E-state index contributed by atoms with van der Waals surface area (Å²) in [4.78, 5) is 1.17. The van der Waals surface area contributed by atoms with E-state index in [2.05, 4.69) is 50.1 Å². The van der Waals surface area contributed by atoms with Gasteiger partial charge in [0, 0.05) is 27.9 Å². The minimum Gasteiger partial charge on any atom is -0.328 e. The molecule has 2 aromatic carbocycles. The number of nitrogens with two attached hydrogens (primary N) is 2. The Bertz CT molecular complexity index is 570. The maximum absolute atomic E-state index is 5.72. The summed E-state index contributed by atoms with van der Waals surface area (Å²) < 4.78 is 0. The molecule has 158 valence electrons. The largest absolute Gasteiger partial charge is 0.328 e. The average molecular weight is 424 g/mol. The number of hydrogen-bond donors (Lipinski definition) is 2. The number of nitrogens with zero attached hydrogens (tertiary/aromatic N) is 1. The molecule has 0 fully saturated rings. The summed E-state index contributed by atoms with van der Waals surface area (Å²) in [5.41, 5.74) is 6.88. The molecule has 28 heavy (non-hydrogen) atoms. The maximum atomic E-state index is 5.72. The summed E-state index contributed by atoms with van der Waals surface area (Å²) in [5, 5.41) is 4.15. The van der Waals surface area contributed by atoms with Crippen LogP contribution in [0.4, 0.5) is 0 Å². The van der Waals surface area contributed by atoms with Crippen LogP contribution in [0.15, 0.2) is 64.6 Å². The SMILES string of the molecule is CC.CCC(N)CC.CCc1ccccc1.N/N=C/CSc1ccc(Cl)cc1. The van der Waals surface area contributed by atoms with Crippen LogP contribution >= 0.6 is 23.4 Å². The van der Waals surface area contributed by atoms with Crippen LogP contribution in [0.2, 0.25) is 5.02 Å². The van der Waals surface area contributed by atoms with Crippen LogP contribution in [0.25, 0.3) is 0 Å². The summed E-state index contributed by atoms with van der Waals surface area (Å²) in [6.07, 6.45) is 5.02. The molecule has 0 saturated carbocycles. The lowest BCUT2D eigenvalue weighted by molar-refractivity contribution is 0.629. The third-order valence-corrected chi connectivity index (χ3v) is 4.72. The highest BCUT2D eigenvalue weighted by Gasteiger charge is 1.91. The first-order valence-corrected chi connectivity index (χ1v) is 11.3. The zero-order chi connectivity index (χ0) is 21.6. The molecule has 5 heteroatoms. The fourth-order valence-corrected chi connectivity index (χ4v) is 2.52. The fraction of sp³-hybridized carbons (Fsp3) is 0.435. The Morgan fingerprint density at radius 2 is 1.50 bits per heavy atom. The smallest absolute Gasteiger partial charge is 0.0406 e. The molecule has 0 aliphatic carbocycles. The van der Waals surface area contributed by atoms with Gasteiger partial charge in [0.25, 0.3) is 0 Å². The Morgan fingerprint density at radius 3 is 1.86 bits per heavy atom. The Kier molecular flexibility index (Phi) is 22.4. The van der Waals surface area contributed by atoms with Crippen LogP contribution in [0.5, 0.6) is 0 Å². The van der Waals surface area contributed by atoms with Gasteiger partial charge >= 0.3 is 0 Å². The molecule has 0 spiro atoms. The Hall–Kier alpha value is -1.49. The number of halogens is 1. The van der Waals surface area contributed by atoms with E-state index in [1.165, 1.54) is 10.5 Å². The van der Waals surface area contributed by atoms with Gasteiger partial charge < -0.3 is 11.6 Å². The van der Waals surface area contributed by atoms with Crippen molar-refractivity contribution in [3.63, 3.8) is 0 Å². The maximum Gasteiger partial charge on any atom is 0.0406 e. The summed E-state index contributed by atoms with van der Waals surface area (Å²) >= 11 is 7.38. The summed E-state index contributed by atoms with van der Waals surface area (Å²) in [7, 11) is 0. The van der Waals surface area contributed by atoms with Crippen LogP contribution in [0, 0.1) is 0 Å². The summed E-state index contributed by atoms with van der Waals surface area (Å²) in [5.74, 6) is 5.74. The third kappa shape index (κ3) is 17.9. The molecule has 4 N–H and O–H groups in total. The van der Waals surface area contributed by atoms with Gasteiger partial charge in [-0.05, 0) is 49.1 Å². The van der Waals surface area contributed by atoms with Crippen molar-refractivity contribution in [2.45, 2.75) is 64.8 Å². The van der Waals surface area contributed by atoms with Crippen LogP contribution in [-0.4, -0.2) is 18.0 Å². The van der Waals surface area contributed by atoms with Gasteiger partial charge in [0.2, 0.25) is 0 Å². The van der Waals surface area contributed by atoms with Crippen LogP contribution in [0.1, 0.15) is 53.0 Å². The first-order valence-electron chi connectivity index (χ1n) is 9.96. The quantitative estimate of drug-likeness (QED) is 0.232. The summed E-state index contributed by atoms with van der Waals surface area (Å²) in [6, 6.07) is 18.6. The third-order valence-electron chi connectivity index (χ3n) is 3.54. The first-order chi connectivity index (χ1) is 13.6. The lowest BCUT2D eigenvalue weighted by Crippen LogP contribution is -2.16. The molecular weight excluding hydrogens is 386 g/mol. The normalized spacial score (nSPS) is 9.57. The zero-order valence-electron chi connectivity index (χ0n) is 18.1. The van der Waals surface area contributed by atoms with E-state index in [0.29, 0.717) is 6.04 Å². The van der Waals surface area contributed by atoms with E-state index >= 15 is 0 Å². The van der Waals surface area contributed by atoms with Crippen molar-refractivity contribution in [1.82, 2.24) is 0 Å². The monoisotopic (exact) mass is 423 g/mol. The van der Waals surface area contributed by atoms with Gasteiger partial charge in [-0.1, -0.05) is 76.6 Å². The van der Waals surface area contributed by atoms with Crippen molar-refractivity contribution in [3.8, 4) is 0 Å². The molecule has 0 amide bonds. The molecule has 0 heterocycles. The van der Waals surface area contributed by atoms with Crippen molar-refractivity contribution >= 4 is 29.6 Å². The second-order valence-corrected chi connectivity index (χ2v) is 7.04. The van der Waals surface area contributed by atoms with Crippen molar-refractivity contribution in [1.29, 1.82) is 0 Å². The van der Waals surface area contributed by atoms with Crippen molar-refractivity contribution in [2.24, 2.45) is 16.7 Å². The van der Waals surface area contributed by atoms with E-state index in [4.69, 9.17) is 23.2 Å². The highest BCUT2D eigenvalue weighted by Crippen LogP contribution is 2.19. The van der Waals surface area contributed by atoms with E-state index < -0.39 is 0 Å². The van der Waals surface area contributed by atoms with Gasteiger partial charge in [-0.15, -0.1) is 11.8 Å². The number of hydrazone groups is 1. The number of hydrogen-bond acceptors (Lipinski definition) is 4. The average Bonchev–Trinajstić information content (AvgIpc) is 2.77. The Labute approximate surface area is 181 Å². The number of benzene rings is 2. The standard InChI is InChI=1S/C8H9ClN2S.C8H10.C5H13N.C2H6/c9-7-1-3-8(4-2-7)12-6-5-11-10;1-2-8-6-4-3-5-7-8;1-3-5(6)4-2;1-2/h1-5H,6,10H2;3-7H,2H2,1H3;5H,3-4,6H2,1-2H3;1-2H3/b11-5+;;;. The van der Waals surface area contributed by atoms with E-state index in [9.17, 15) is 0 Å². The molecular formula is C23H38ClN3S. The summed E-state index contributed by atoms with van der Waals surface area (Å²) in [6.45, 7) is 10.4. The predicted molar refractivity (Wildman–Crippen MR) is 131 cm³/mol. The van der Waals surface area contributed by atoms with Gasteiger partial charge in [0.1, 0.15) is 0 Å². The topological polar surface area (TPSA) is 64.4 Å². The molecule has 0 atom stereocenters. The van der Waals surface area contributed by atoms with Gasteiger partial charge in [0.05, 0.1) is 0 Å². The fourth-order valence-electron chi connectivity index (χ4n) is 1.71. The van der Waals surface area contributed by atoms with Crippen LogP contribution < -0.4 is 11.6 Å². The first kappa shape index (κ1) is 28.7.